The second-order valence-electron chi connectivity index (χ2n) is 12.9. The average molecular weight is 675 g/mol. The number of carboxylic acid groups (broad SMARTS) is 1. The van der Waals surface area contributed by atoms with Crippen LogP contribution in [0.5, 0.6) is 5.75 Å². The molecule has 0 unspecified atom stereocenters. The molecule has 9 nitrogen and oxygen atoms in total. The maximum atomic E-state index is 13.8. The van der Waals surface area contributed by atoms with E-state index in [0.29, 0.717) is 53.8 Å². The van der Waals surface area contributed by atoms with E-state index >= 15 is 0 Å². The number of anilines is 1. The van der Waals surface area contributed by atoms with Crippen molar-refractivity contribution in [3.05, 3.63) is 70.5 Å². The summed E-state index contributed by atoms with van der Waals surface area (Å²) in [4.78, 5) is 36.5. The standard InChI is InChI=1S/C34H35F5N4O5/c1-18-10-23(12-24(11-18)34(37,38)39)29-19(2)43(32(46)48-29)15-27-26(14-40-31(41-27)42-16-33(35,36)17-42)25-13-22(8-9-28(25)47-3)20-4-6-21(7-5-20)30(44)45/h8-14,19-21,29H,4-7,15-17H2,1-3H3,(H,44,45)/t19-,20?,21?,29-/m0/s1. The molecule has 0 bridgehead atoms. The second-order valence-corrected chi connectivity index (χ2v) is 12.9. The first-order chi connectivity index (χ1) is 22.6. The highest BCUT2D eigenvalue weighted by Crippen LogP contribution is 2.42. The monoisotopic (exact) mass is 674 g/mol. The Morgan fingerprint density at radius 2 is 1.77 bits per heavy atom. The summed E-state index contributed by atoms with van der Waals surface area (Å²) in [5, 5.41) is 9.43. The van der Waals surface area contributed by atoms with E-state index < -0.39 is 55.0 Å². The molecule has 2 saturated heterocycles. The van der Waals surface area contributed by atoms with Crippen LogP contribution in [-0.4, -0.2) is 64.2 Å². The van der Waals surface area contributed by atoms with Crippen LogP contribution in [-0.2, 0) is 22.3 Å². The number of halogens is 5. The first-order valence-electron chi connectivity index (χ1n) is 15.7. The Bertz CT molecular complexity index is 1720. The molecule has 6 rings (SSSR count). The lowest BCUT2D eigenvalue weighted by molar-refractivity contribution is -0.143. The number of rotatable bonds is 8. The number of aliphatic carboxylic acids is 1. The molecule has 0 radical (unpaired) electrons. The van der Waals surface area contributed by atoms with Gasteiger partial charge >= 0.3 is 18.2 Å². The van der Waals surface area contributed by atoms with Crippen molar-refractivity contribution in [1.82, 2.24) is 14.9 Å². The third-order valence-electron chi connectivity index (χ3n) is 9.51. The highest BCUT2D eigenvalue weighted by Gasteiger charge is 2.46. The van der Waals surface area contributed by atoms with Gasteiger partial charge in [0.25, 0.3) is 5.92 Å². The maximum absolute atomic E-state index is 13.8. The zero-order chi connectivity index (χ0) is 34.5. The molecule has 1 saturated carbocycles. The number of amides is 1. The van der Waals surface area contributed by atoms with E-state index in [-0.39, 0.29) is 29.9 Å². The molecule has 3 aliphatic rings. The van der Waals surface area contributed by atoms with Gasteiger partial charge in [-0.25, -0.2) is 23.5 Å². The number of carbonyl (C=O) groups excluding carboxylic acids is 1. The Morgan fingerprint density at radius 3 is 2.40 bits per heavy atom. The number of hydrogen-bond donors (Lipinski definition) is 1. The van der Waals surface area contributed by atoms with Crippen molar-refractivity contribution in [2.24, 2.45) is 5.92 Å². The van der Waals surface area contributed by atoms with E-state index in [0.717, 1.165) is 17.7 Å². The summed E-state index contributed by atoms with van der Waals surface area (Å²) in [5.41, 5.74) is 2.05. The van der Waals surface area contributed by atoms with Gasteiger partial charge in [-0.1, -0.05) is 17.7 Å². The van der Waals surface area contributed by atoms with Gasteiger partial charge in [-0.05, 0) is 80.8 Å². The summed E-state index contributed by atoms with van der Waals surface area (Å²) in [5.74, 6) is -3.45. The largest absolute Gasteiger partial charge is 0.496 e. The summed E-state index contributed by atoms with van der Waals surface area (Å²) in [6.07, 6.45) is -2.40. The van der Waals surface area contributed by atoms with Crippen molar-refractivity contribution in [2.75, 3.05) is 25.1 Å². The molecular formula is C34H35F5N4O5. The minimum absolute atomic E-state index is 0.0482. The van der Waals surface area contributed by atoms with Gasteiger partial charge in [0.15, 0.2) is 0 Å². The van der Waals surface area contributed by atoms with Gasteiger partial charge in [0.05, 0.1) is 50.0 Å². The number of ether oxygens (including phenoxy) is 2. The van der Waals surface area contributed by atoms with E-state index in [9.17, 15) is 36.6 Å². The van der Waals surface area contributed by atoms with Crippen LogP contribution in [0.1, 0.15) is 72.6 Å². The number of nitrogens with zero attached hydrogens (tertiary/aromatic N) is 4. The van der Waals surface area contributed by atoms with Crippen LogP contribution in [0.15, 0.2) is 42.6 Å². The lowest BCUT2D eigenvalue weighted by atomic mass is 9.78. The number of hydrogen-bond acceptors (Lipinski definition) is 7. The Morgan fingerprint density at radius 1 is 1.06 bits per heavy atom. The maximum Gasteiger partial charge on any atom is 0.416 e. The molecule has 48 heavy (non-hydrogen) atoms. The number of carboxylic acids is 1. The minimum Gasteiger partial charge on any atom is -0.496 e. The second kappa shape index (κ2) is 12.5. The van der Waals surface area contributed by atoms with E-state index in [2.05, 4.69) is 9.97 Å². The highest BCUT2D eigenvalue weighted by molar-refractivity contribution is 5.75. The van der Waals surface area contributed by atoms with Crippen LogP contribution in [0.25, 0.3) is 11.1 Å². The molecule has 1 N–H and O–H groups in total. The van der Waals surface area contributed by atoms with Crippen LogP contribution in [0, 0.1) is 12.8 Å². The Balaban J connectivity index is 1.35. The van der Waals surface area contributed by atoms with Gasteiger partial charge in [0.2, 0.25) is 5.95 Å². The summed E-state index contributed by atoms with van der Waals surface area (Å²) in [6, 6.07) is 8.47. The van der Waals surface area contributed by atoms with Crippen molar-refractivity contribution in [3.8, 4) is 16.9 Å². The SMILES string of the molecule is COc1ccc(C2CCC(C(=O)O)CC2)cc1-c1cnc(N2CC(F)(F)C2)nc1CN1C(=O)O[C@H](c2cc(C)cc(C(F)(F)F)c2)[C@@H]1C. The number of aromatic nitrogens is 2. The van der Waals surface area contributed by atoms with Gasteiger partial charge in [0, 0.05) is 17.3 Å². The number of carbonyl (C=O) groups is 2. The quantitative estimate of drug-likeness (QED) is 0.247. The first kappa shape index (κ1) is 33.4. The molecule has 1 amide bonds. The third kappa shape index (κ3) is 6.61. The number of benzene rings is 2. The van der Waals surface area contributed by atoms with Gasteiger partial charge in [-0.2, -0.15) is 13.2 Å². The van der Waals surface area contributed by atoms with Crippen LogP contribution in [0.2, 0.25) is 0 Å². The van der Waals surface area contributed by atoms with E-state index in [1.807, 2.05) is 12.1 Å². The molecule has 3 fully saturated rings. The highest BCUT2D eigenvalue weighted by atomic mass is 19.4. The zero-order valence-electron chi connectivity index (χ0n) is 26.6. The lowest BCUT2D eigenvalue weighted by Crippen LogP contribution is -2.57. The predicted octanol–water partition coefficient (Wildman–Crippen LogP) is 7.38. The van der Waals surface area contributed by atoms with Crippen LogP contribution >= 0.6 is 0 Å². The molecule has 2 aromatic carbocycles. The molecule has 1 aromatic heterocycles. The van der Waals surface area contributed by atoms with Gasteiger partial charge in [-0.3, -0.25) is 9.69 Å². The normalized spacial score (nSPS) is 23.9. The molecule has 14 heteroatoms. The molecule has 2 aliphatic heterocycles. The van der Waals surface area contributed by atoms with E-state index in [1.165, 1.54) is 30.0 Å². The van der Waals surface area contributed by atoms with Gasteiger partial charge in [-0.15, -0.1) is 0 Å². The summed E-state index contributed by atoms with van der Waals surface area (Å²) < 4.78 is 79.7. The first-order valence-corrected chi connectivity index (χ1v) is 15.7. The molecule has 0 spiro atoms. The minimum atomic E-state index is -4.59. The van der Waals surface area contributed by atoms with Crippen LogP contribution in [0.3, 0.4) is 0 Å². The lowest BCUT2D eigenvalue weighted by Gasteiger charge is -2.38. The van der Waals surface area contributed by atoms with Crippen molar-refractivity contribution < 1.29 is 46.1 Å². The van der Waals surface area contributed by atoms with Crippen molar-refractivity contribution in [3.63, 3.8) is 0 Å². The molecule has 2 atom stereocenters. The van der Waals surface area contributed by atoms with E-state index in [4.69, 9.17) is 9.47 Å². The zero-order valence-corrected chi connectivity index (χ0v) is 26.6. The Kier molecular flexibility index (Phi) is 8.71. The van der Waals surface area contributed by atoms with Crippen LogP contribution in [0.4, 0.5) is 32.7 Å². The smallest absolute Gasteiger partial charge is 0.416 e. The Labute approximate surface area is 273 Å². The summed E-state index contributed by atoms with van der Waals surface area (Å²) in [7, 11) is 1.50. The van der Waals surface area contributed by atoms with Crippen molar-refractivity contribution in [2.45, 2.75) is 76.2 Å². The van der Waals surface area contributed by atoms with Crippen molar-refractivity contribution >= 4 is 18.0 Å². The van der Waals surface area contributed by atoms with Gasteiger partial charge < -0.3 is 19.5 Å². The van der Waals surface area contributed by atoms with Crippen LogP contribution < -0.4 is 9.64 Å². The number of cyclic esters (lactones) is 1. The van der Waals surface area contributed by atoms with E-state index in [1.54, 1.807) is 19.1 Å². The fourth-order valence-corrected chi connectivity index (χ4v) is 6.88. The average Bonchev–Trinajstić information content (AvgIpc) is 3.31. The van der Waals surface area contributed by atoms with Crippen molar-refractivity contribution in [1.29, 1.82) is 0 Å². The number of alkyl halides is 5. The molecular weight excluding hydrogens is 639 g/mol. The molecule has 1 aliphatic carbocycles. The topological polar surface area (TPSA) is 105 Å². The number of methoxy groups -OCH3 is 1. The number of aryl methyl sites for hydroxylation is 1. The van der Waals surface area contributed by atoms with Gasteiger partial charge in [0.1, 0.15) is 11.9 Å². The summed E-state index contributed by atoms with van der Waals surface area (Å²) in [6.45, 7) is 1.91. The fourth-order valence-electron chi connectivity index (χ4n) is 6.88. The summed E-state index contributed by atoms with van der Waals surface area (Å²) >= 11 is 0. The molecule has 256 valence electrons. The third-order valence-corrected chi connectivity index (χ3v) is 9.51. The fraction of sp³-hybridized carbons (Fsp3) is 0.471. The predicted molar refractivity (Wildman–Crippen MR) is 164 cm³/mol. The molecule has 3 aromatic rings. The molecule has 3 heterocycles. The Hall–Kier alpha value is -4.49.